The van der Waals surface area contributed by atoms with Crippen molar-refractivity contribution in [3.8, 4) is 5.75 Å². The Morgan fingerprint density at radius 3 is 2.65 bits per heavy atom. The van der Waals surface area contributed by atoms with Crippen LogP contribution in [0.4, 0.5) is 5.69 Å². The molecule has 1 aromatic rings. The summed E-state index contributed by atoms with van der Waals surface area (Å²) >= 11 is 0. The number of amides is 2. The largest absolute Gasteiger partial charge is 0.484 e. The van der Waals surface area contributed by atoms with E-state index in [0.29, 0.717) is 24.3 Å². The van der Waals surface area contributed by atoms with Gasteiger partial charge in [-0.05, 0) is 50.9 Å². The molecule has 0 atom stereocenters. The second kappa shape index (κ2) is 8.51. The zero-order chi connectivity index (χ0) is 18.4. The zero-order valence-electron chi connectivity index (χ0n) is 15.3. The van der Waals surface area contributed by atoms with Crippen LogP contribution in [0.3, 0.4) is 0 Å². The quantitative estimate of drug-likeness (QED) is 0.801. The fraction of sp³-hybridized carbons (Fsp3) is 0.579. The lowest BCUT2D eigenvalue weighted by Gasteiger charge is -2.34. The molecule has 2 aliphatic rings. The highest BCUT2D eigenvalue weighted by atomic mass is 16.5. The maximum absolute atomic E-state index is 12.7. The Hall–Kier alpha value is -2.12. The van der Waals surface area contributed by atoms with Gasteiger partial charge >= 0.3 is 0 Å². The third-order valence-electron chi connectivity index (χ3n) is 5.13. The normalized spacial score (nSPS) is 19.2. The summed E-state index contributed by atoms with van der Waals surface area (Å²) in [5.41, 5.74) is -0.163. The maximum atomic E-state index is 12.7. The first kappa shape index (κ1) is 18.7. The van der Waals surface area contributed by atoms with E-state index in [-0.39, 0.29) is 18.4 Å². The summed E-state index contributed by atoms with van der Waals surface area (Å²) in [6, 6.07) is 7.12. The van der Waals surface area contributed by atoms with E-state index in [2.05, 4.69) is 10.6 Å². The van der Waals surface area contributed by atoms with Crippen molar-refractivity contribution >= 4 is 17.5 Å². The maximum Gasteiger partial charge on any atom is 0.260 e. The average molecular weight is 361 g/mol. The Bertz CT molecular complexity index is 637. The summed E-state index contributed by atoms with van der Waals surface area (Å²) in [4.78, 5) is 26.6. The molecule has 2 amide bonds. The van der Waals surface area contributed by atoms with E-state index in [1.54, 1.807) is 31.4 Å². The number of nitrogens with one attached hydrogen (secondary N) is 2. The van der Waals surface area contributed by atoms with Crippen molar-refractivity contribution < 1.29 is 19.1 Å². The molecule has 2 aliphatic heterocycles. The van der Waals surface area contributed by atoms with Crippen molar-refractivity contribution in [1.29, 1.82) is 0 Å². The number of methoxy groups -OCH3 is 1. The van der Waals surface area contributed by atoms with Gasteiger partial charge in [-0.15, -0.1) is 0 Å². The predicted octanol–water partition coefficient (Wildman–Crippen LogP) is 1.39. The Balaban J connectivity index is 1.58. The molecule has 2 N–H and O–H groups in total. The molecular weight excluding hydrogens is 334 g/mol. The van der Waals surface area contributed by atoms with Crippen molar-refractivity contribution in [2.45, 2.75) is 31.3 Å². The molecule has 1 aromatic carbocycles. The third kappa shape index (κ3) is 4.34. The number of benzene rings is 1. The molecule has 2 heterocycles. The summed E-state index contributed by atoms with van der Waals surface area (Å²) in [5.74, 6) is 0.420. The lowest BCUT2D eigenvalue weighted by atomic mass is 9.91. The van der Waals surface area contributed by atoms with Crippen LogP contribution in [0.25, 0.3) is 0 Å². The van der Waals surface area contributed by atoms with Crippen molar-refractivity contribution in [2.24, 2.45) is 0 Å². The fourth-order valence-corrected chi connectivity index (χ4v) is 3.47. The van der Waals surface area contributed by atoms with Crippen LogP contribution >= 0.6 is 0 Å². The van der Waals surface area contributed by atoms with Gasteiger partial charge in [-0.2, -0.15) is 0 Å². The smallest absolute Gasteiger partial charge is 0.260 e. The van der Waals surface area contributed by atoms with E-state index in [1.807, 2.05) is 4.90 Å². The zero-order valence-corrected chi connectivity index (χ0v) is 15.3. The van der Waals surface area contributed by atoms with E-state index >= 15 is 0 Å². The second-order valence-electron chi connectivity index (χ2n) is 6.81. The summed E-state index contributed by atoms with van der Waals surface area (Å²) in [6.45, 7) is 3.15. The fourth-order valence-electron chi connectivity index (χ4n) is 3.47. The highest BCUT2D eigenvalue weighted by molar-refractivity contribution is 5.97. The van der Waals surface area contributed by atoms with Gasteiger partial charge in [-0.25, -0.2) is 0 Å². The van der Waals surface area contributed by atoms with Crippen LogP contribution in [-0.2, 0) is 14.3 Å². The van der Waals surface area contributed by atoms with Crippen LogP contribution in [0.5, 0.6) is 5.75 Å². The van der Waals surface area contributed by atoms with E-state index in [9.17, 15) is 9.59 Å². The number of rotatable bonds is 6. The van der Waals surface area contributed by atoms with E-state index in [4.69, 9.17) is 9.47 Å². The third-order valence-corrected chi connectivity index (χ3v) is 5.13. The number of piperidine rings is 1. The Kier molecular flexibility index (Phi) is 6.11. The summed E-state index contributed by atoms with van der Waals surface area (Å²) in [5, 5.41) is 6.16. The van der Waals surface area contributed by atoms with Gasteiger partial charge in [0.1, 0.15) is 11.4 Å². The second-order valence-corrected chi connectivity index (χ2v) is 6.81. The van der Waals surface area contributed by atoms with Gasteiger partial charge in [0.05, 0.1) is 0 Å². The molecule has 26 heavy (non-hydrogen) atoms. The van der Waals surface area contributed by atoms with Crippen molar-refractivity contribution in [3.05, 3.63) is 24.3 Å². The molecule has 0 spiro atoms. The number of carbonyl (C=O) groups excluding carboxylic acids is 2. The summed E-state index contributed by atoms with van der Waals surface area (Å²) in [6.07, 6.45) is 3.39. The minimum atomic E-state index is -0.798. The molecule has 142 valence electrons. The molecule has 0 aromatic heterocycles. The SMILES string of the molecule is COC1(C(=O)Nc2cccc(OCC(=O)N3CCCC3)c2)CCNCC1. The summed E-state index contributed by atoms with van der Waals surface area (Å²) in [7, 11) is 1.58. The number of likely N-dealkylation sites (tertiary alicyclic amines) is 1. The predicted molar refractivity (Wildman–Crippen MR) is 98.2 cm³/mol. The summed E-state index contributed by atoms with van der Waals surface area (Å²) < 4.78 is 11.2. The lowest BCUT2D eigenvalue weighted by molar-refractivity contribution is -0.140. The van der Waals surface area contributed by atoms with Crippen molar-refractivity contribution in [3.63, 3.8) is 0 Å². The van der Waals surface area contributed by atoms with Crippen LogP contribution in [-0.4, -0.2) is 62.2 Å². The van der Waals surface area contributed by atoms with Crippen molar-refractivity contribution in [1.82, 2.24) is 10.2 Å². The number of nitrogens with zero attached hydrogens (tertiary/aromatic N) is 1. The molecule has 0 saturated carbocycles. The van der Waals surface area contributed by atoms with Gasteiger partial charge in [0, 0.05) is 32.0 Å². The lowest BCUT2D eigenvalue weighted by Crippen LogP contribution is -2.51. The van der Waals surface area contributed by atoms with Crippen molar-refractivity contribution in [2.75, 3.05) is 45.2 Å². The van der Waals surface area contributed by atoms with Gasteiger partial charge < -0.3 is 25.0 Å². The standard InChI is InChI=1S/C19H27N3O4/c1-25-19(7-9-20-10-8-19)18(24)21-15-5-4-6-16(13-15)26-14-17(23)22-11-2-3-12-22/h4-6,13,20H,2-3,7-12,14H2,1H3,(H,21,24). The number of hydrogen-bond donors (Lipinski definition) is 2. The van der Waals surface area contributed by atoms with E-state index in [1.165, 1.54) is 0 Å². The van der Waals surface area contributed by atoms with Gasteiger partial charge in [0.15, 0.2) is 6.61 Å². The van der Waals surface area contributed by atoms with Crippen LogP contribution in [0.15, 0.2) is 24.3 Å². The van der Waals surface area contributed by atoms with Crippen LogP contribution < -0.4 is 15.4 Å². The molecule has 0 aliphatic carbocycles. The highest BCUT2D eigenvalue weighted by Gasteiger charge is 2.39. The minimum absolute atomic E-state index is 0.00461. The minimum Gasteiger partial charge on any atom is -0.484 e. The number of ether oxygens (including phenoxy) is 2. The Morgan fingerprint density at radius 2 is 1.96 bits per heavy atom. The molecule has 0 radical (unpaired) electrons. The molecular formula is C19H27N3O4. The molecule has 7 nitrogen and oxygen atoms in total. The topological polar surface area (TPSA) is 79.9 Å². The monoisotopic (exact) mass is 361 g/mol. The van der Waals surface area contributed by atoms with Crippen LogP contribution in [0.1, 0.15) is 25.7 Å². The Labute approximate surface area is 154 Å². The molecule has 0 bridgehead atoms. The van der Waals surface area contributed by atoms with Crippen LogP contribution in [0, 0.1) is 0 Å². The highest BCUT2D eigenvalue weighted by Crippen LogP contribution is 2.25. The van der Waals surface area contributed by atoms with Gasteiger partial charge in [0.2, 0.25) is 0 Å². The first-order valence-electron chi connectivity index (χ1n) is 9.21. The van der Waals surface area contributed by atoms with E-state index < -0.39 is 5.60 Å². The first-order chi connectivity index (χ1) is 12.6. The van der Waals surface area contributed by atoms with Crippen LogP contribution in [0.2, 0.25) is 0 Å². The number of carbonyl (C=O) groups is 2. The molecule has 2 saturated heterocycles. The average Bonchev–Trinajstić information content (AvgIpc) is 3.22. The Morgan fingerprint density at radius 1 is 1.23 bits per heavy atom. The molecule has 7 heteroatoms. The first-order valence-corrected chi connectivity index (χ1v) is 9.21. The number of hydrogen-bond acceptors (Lipinski definition) is 5. The molecule has 2 fully saturated rings. The van der Waals surface area contributed by atoms with E-state index in [0.717, 1.165) is 39.0 Å². The van der Waals surface area contributed by atoms with Gasteiger partial charge in [-0.1, -0.05) is 6.07 Å². The van der Waals surface area contributed by atoms with Gasteiger partial charge in [0.25, 0.3) is 11.8 Å². The molecule has 3 rings (SSSR count). The molecule has 0 unspecified atom stereocenters. The van der Waals surface area contributed by atoms with Gasteiger partial charge in [-0.3, -0.25) is 9.59 Å². The number of anilines is 1.